The lowest BCUT2D eigenvalue weighted by atomic mass is 9.92. The highest BCUT2D eigenvalue weighted by atomic mass is 16.5. The second-order valence-corrected chi connectivity index (χ2v) is 6.43. The van der Waals surface area contributed by atoms with Crippen molar-refractivity contribution in [3.05, 3.63) is 23.9 Å². The monoisotopic (exact) mass is 290 g/mol. The predicted octanol–water partition coefficient (Wildman–Crippen LogP) is 3.24. The minimum absolute atomic E-state index is 0.176. The fraction of sp³-hybridized carbons (Fsp3) is 0.647. The third-order valence-electron chi connectivity index (χ3n) is 3.80. The van der Waals surface area contributed by atoms with Crippen molar-refractivity contribution in [2.45, 2.75) is 65.0 Å². The number of rotatable bonds is 5. The van der Waals surface area contributed by atoms with Crippen molar-refractivity contribution >= 4 is 5.91 Å². The van der Waals surface area contributed by atoms with Gasteiger partial charge >= 0.3 is 0 Å². The van der Waals surface area contributed by atoms with Gasteiger partial charge in [0.15, 0.2) is 0 Å². The molecule has 0 aromatic carbocycles. The van der Waals surface area contributed by atoms with Crippen LogP contribution in [0.2, 0.25) is 0 Å². The molecule has 1 aromatic heterocycles. The van der Waals surface area contributed by atoms with Crippen LogP contribution in [0.4, 0.5) is 0 Å². The molecule has 4 nitrogen and oxygen atoms in total. The molecule has 4 heteroatoms. The van der Waals surface area contributed by atoms with E-state index in [2.05, 4.69) is 24.1 Å². The maximum Gasteiger partial charge on any atom is 0.220 e. The summed E-state index contributed by atoms with van der Waals surface area (Å²) in [6.07, 6.45) is 6.58. The number of pyridine rings is 1. The van der Waals surface area contributed by atoms with Crippen LogP contribution < -0.4 is 10.1 Å². The molecule has 0 saturated heterocycles. The summed E-state index contributed by atoms with van der Waals surface area (Å²) in [7, 11) is 0. The summed E-state index contributed by atoms with van der Waals surface area (Å²) in [5.41, 5.74) is 1.14. The summed E-state index contributed by atoms with van der Waals surface area (Å²) in [4.78, 5) is 16.1. The van der Waals surface area contributed by atoms with Crippen LogP contribution in [0.15, 0.2) is 18.3 Å². The molecule has 1 fully saturated rings. The van der Waals surface area contributed by atoms with E-state index >= 15 is 0 Å². The summed E-state index contributed by atoms with van der Waals surface area (Å²) < 4.78 is 5.90. The van der Waals surface area contributed by atoms with Crippen LogP contribution in [-0.4, -0.2) is 23.0 Å². The van der Waals surface area contributed by atoms with Crippen molar-refractivity contribution in [3.8, 4) is 5.88 Å². The van der Waals surface area contributed by atoms with Crippen molar-refractivity contribution in [2.75, 3.05) is 0 Å². The number of hydrogen-bond donors (Lipinski definition) is 1. The molecular formula is C17H26N2O2. The summed E-state index contributed by atoms with van der Waals surface area (Å²) in [6, 6.07) is 4.24. The second kappa shape index (κ2) is 7.43. The van der Waals surface area contributed by atoms with Crippen LogP contribution in [0.5, 0.6) is 5.88 Å². The quantitative estimate of drug-likeness (QED) is 0.905. The number of aryl methyl sites for hydroxylation is 1. The first-order valence-electron chi connectivity index (χ1n) is 7.91. The number of nitrogens with zero attached hydrogens (tertiary/aromatic N) is 1. The largest absolute Gasteiger partial charge is 0.474 e. The highest BCUT2D eigenvalue weighted by Gasteiger charge is 2.23. The van der Waals surface area contributed by atoms with Gasteiger partial charge in [-0.25, -0.2) is 4.98 Å². The van der Waals surface area contributed by atoms with E-state index in [0.29, 0.717) is 24.3 Å². The lowest BCUT2D eigenvalue weighted by molar-refractivity contribution is -0.122. The third-order valence-corrected chi connectivity index (χ3v) is 3.80. The van der Waals surface area contributed by atoms with Crippen molar-refractivity contribution in [1.29, 1.82) is 0 Å². The standard InChI is InChI=1S/C17H26N2O2/c1-12(2)10-16(20)19-14-5-7-15(8-6-14)21-17-9-4-13(3)11-18-17/h4,9,11-12,14-15H,5-8,10H2,1-3H3,(H,19,20). The van der Waals surface area contributed by atoms with E-state index in [1.54, 1.807) is 0 Å². The van der Waals surface area contributed by atoms with Gasteiger partial charge in [0.1, 0.15) is 6.10 Å². The number of ether oxygens (including phenoxy) is 1. The van der Waals surface area contributed by atoms with Gasteiger partial charge in [0, 0.05) is 24.7 Å². The molecule has 0 spiro atoms. The third kappa shape index (κ3) is 5.37. The Morgan fingerprint density at radius 2 is 2.05 bits per heavy atom. The van der Waals surface area contributed by atoms with E-state index in [1.165, 1.54) is 0 Å². The Labute approximate surface area is 127 Å². The molecule has 0 radical (unpaired) electrons. The van der Waals surface area contributed by atoms with Gasteiger partial charge in [-0.2, -0.15) is 0 Å². The molecule has 0 bridgehead atoms. The van der Waals surface area contributed by atoms with Gasteiger partial charge in [0.2, 0.25) is 11.8 Å². The molecule has 0 aliphatic heterocycles. The second-order valence-electron chi connectivity index (χ2n) is 6.43. The molecule has 21 heavy (non-hydrogen) atoms. The Morgan fingerprint density at radius 1 is 1.33 bits per heavy atom. The molecule has 1 aliphatic carbocycles. The van der Waals surface area contributed by atoms with E-state index in [9.17, 15) is 4.79 Å². The van der Waals surface area contributed by atoms with Gasteiger partial charge in [0.05, 0.1) is 0 Å². The molecule has 1 N–H and O–H groups in total. The van der Waals surface area contributed by atoms with Crippen molar-refractivity contribution < 1.29 is 9.53 Å². The molecule has 1 aliphatic rings. The summed E-state index contributed by atoms with van der Waals surface area (Å²) in [5.74, 6) is 1.29. The van der Waals surface area contributed by atoms with Gasteiger partial charge in [-0.15, -0.1) is 0 Å². The molecule has 0 atom stereocenters. The van der Waals surface area contributed by atoms with Crippen LogP contribution in [0.3, 0.4) is 0 Å². The summed E-state index contributed by atoms with van der Waals surface area (Å²) >= 11 is 0. The fourth-order valence-electron chi connectivity index (χ4n) is 2.68. The van der Waals surface area contributed by atoms with Gasteiger partial charge in [0.25, 0.3) is 0 Å². The first-order valence-corrected chi connectivity index (χ1v) is 7.91. The lowest BCUT2D eigenvalue weighted by Gasteiger charge is -2.29. The molecule has 116 valence electrons. The van der Waals surface area contributed by atoms with Crippen LogP contribution in [0, 0.1) is 12.8 Å². The Kier molecular flexibility index (Phi) is 5.59. The average Bonchev–Trinajstić information content (AvgIpc) is 2.42. The van der Waals surface area contributed by atoms with Gasteiger partial charge in [-0.3, -0.25) is 4.79 Å². The average molecular weight is 290 g/mol. The van der Waals surface area contributed by atoms with E-state index in [1.807, 2.05) is 25.3 Å². The zero-order chi connectivity index (χ0) is 15.2. The molecule has 1 amide bonds. The zero-order valence-corrected chi connectivity index (χ0v) is 13.3. The van der Waals surface area contributed by atoms with Gasteiger partial charge < -0.3 is 10.1 Å². The number of nitrogens with one attached hydrogen (secondary N) is 1. The van der Waals surface area contributed by atoms with Crippen molar-refractivity contribution in [2.24, 2.45) is 5.92 Å². The minimum Gasteiger partial charge on any atom is -0.474 e. The topological polar surface area (TPSA) is 51.2 Å². The number of aromatic nitrogens is 1. The zero-order valence-electron chi connectivity index (χ0n) is 13.3. The summed E-state index contributed by atoms with van der Waals surface area (Å²) in [5, 5.41) is 3.13. The first-order chi connectivity index (χ1) is 10.0. The SMILES string of the molecule is Cc1ccc(OC2CCC(NC(=O)CC(C)C)CC2)nc1. The first kappa shape index (κ1) is 15.8. The van der Waals surface area contributed by atoms with Gasteiger partial charge in [-0.1, -0.05) is 19.9 Å². The molecule has 1 heterocycles. The molecule has 1 saturated carbocycles. The lowest BCUT2D eigenvalue weighted by Crippen LogP contribution is -2.40. The van der Waals surface area contributed by atoms with Crippen molar-refractivity contribution in [1.82, 2.24) is 10.3 Å². The normalized spacial score (nSPS) is 22.1. The van der Waals surface area contributed by atoms with Gasteiger partial charge in [-0.05, 0) is 44.1 Å². The Hall–Kier alpha value is -1.58. The number of hydrogen-bond acceptors (Lipinski definition) is 3. The highest BCUT2D eigenvalue weighted by Crippen LogP contribution is 2.23. The highest BCUT2D eigenvalue weighted by molar-refractivity contribution is 5.76. The van der Waals surface area contributed by atoms with E-state index in [0.717, 1.165) is 31.2 Å². The number of carbonyl (C=O) groups excluding carboxylic acids is 1. The Morgan fingerprint density at radius 3 is 2.62 bits per heavy atom. The fourth-order valence-corrected chi connectivity index (χ4v) is 2.68. The van der Waals surface area contributed by atoms with Crippen molar-refractivity contribution in [3.63, 3.8) is 0 Å². The maximum atomic E-state index is 11.8. The van der Waals surface area contributed by atoms with E-state index in [-0.39, 0.29) is 12.0 Å². The maximum absolute atomic E-state index is 11.8. The number of amides is 1. The smallest absolute Gasteiger partial charge is 0.220 e. The van der Waals surface area contributed by atoms with Crippen LogP contribution in [-0.2, 0) is 4.79 Å². The Balaban J connectivity index is 1.73. The molecule has 1 aromatic rings. The van der Waals surface area contributed by atoms with E-state index < -0.39 is 0 Å². The van der Waals surface area contributed by atoms with Crippen LogP contribution in [0.1, 0.15) is 51.5 Å². The number of carbonyl (C=O) groups is 1. The minimum atomic E-state index is 0.176. The van der Waals surface area contributed by atoms with Crippen LogP contribution in [0.25, 0.3) is 0 Å². The predicted molar refractivity (Wildman–Crippen MR) is 83.2 cm³/mol. The van der Waals surface area contributed by atoms with Crippen LogP contribution >= 0.6 is 0 Å². The molecular weight excluding hydrogens is 264 g/mol. The van der Waals surface area contributed by atoms with E-state index in [4.69, 9.17) is 4.74 Å². The molecule has 0 unspecified atom stereocenters. The molecule has 2 rings (SSSR count). The summed E-state index contributed by atoms with van der Waals surface area (Å²) in [6.45, 7) is 6.15. The Bertz CT molecular complexity index is 448.